The van der Waals surface area contributed by atoms with E-state index in [1.54, 1.807) is 108 Å². The van der Waals surface area contributed by atoms with Crippen LogP contribution in [0.25, 0.3) is 0 Å². The first-order valence-corrected chi connectivity index (χ1v) is 31.9. The number of halogens is 4. The average Bonchev–Trinajstić information content (AvgIpc) is 0.828. The number of amides is 2. The van der Waals surface area contributed by atoms with E-state index in [4.69, 9.17) is 46.9 Å². The molecule has 0 heterocycles. The van der Waals surface area contributed by atoms with E-state index in [-0.39, 0.29) is 62.9 Å². The van der Waals surface area contributed by atoms with E-state index < -0.39 is 10.5 Å². The Morgan fingerprint density at radius 2 is 0.663 bits per heavy atom. The van der Waals surface area contributed by atoms with E-state index in [9.17, 15) is 33.6 Å². The molecule has 23 heteroatoms. The van der Waals surface area contributed by atoms with Crippen LogP contribution in [0.3, 0.4) is 0 Å². The number of ketones is 3. The topological polar surface area (TPSA) is 266 Å². The average molecular weight is 1480 g/mol. The highest BCUT2D eigenvalue weighted by Crippen LogP contribution is 2.20. The number of hydrogen-bond donors (Lipinski definition) is 6. The second-order valence-corrected chi connectivity index (χ2v) is 23.9. The van der Waals surface area contributed by atoms with Crippen LogP contribution in [-0.4, -0.2) is 108 Å². The van der Waals surface area contributed by atoms with Crippen LogP contribution in [0.15, 0.2) is 228 Å². The van der Waals surface area contributed by atoms with Crippen LogP contribution in [-0.2, 0) is 4.84 Å². The molecule has 0 aliphatic carbocycles. The first kappa shape index (κ1) is 84.6. The van der Waals surface area contributed by atoms with Crippen molar-refractivity contribution < 1.29 is 56.3 Å². The van der Waals surface area contributed by atoms with Gasteiger partial charge in [-0.2, -0.15) is 5.10 Å². The van der Waals surface area contributed by atoms with Crippen LogP contribution < -0.4 is 46.0 Å². The van der Waals surface area contributed by atoms with Gasteiger partial charge in [0, 0.05) is 99.4 Å². The molecule has 98 heavy (non-hydrogen) atoms. The van der Waals surface area contributed by atoms with Crippen LogP contribution >= 0.6 is 63.6 Å². The van der Waals surface area contributed by atoms with Crippen LogP contribution in [0.5, 0.6) is 0 Å². The number of quaternary nitrogens is 1. The van der Waals surface area contributed by atoms with Crippen molar-refractivity contribution in [1.82, 2.24) is 20.7 Å². The monoisotopic (exact) mass is 1480 g/mol. The molecule has 0 aliphatic heterocycles. The van der Waals surface area contributed by atoms with Gasteiger partial charge in [0.2, 0.25) is 0 Å². The van der Waals surface area contributed by atoms with Crippen molar-refractivity contribution in [2.75, 3.05) is 42.3 Å². The number of carbonyl (C=O) groups excluding carboxylic acids is 7. The molecule has 0 unspecified atom stereocenters. The number of rotatable bonds is 14. The van der Waals surface area contributed by atoms with Gasteiger partial charge in [0.05, 0.1) is 19.9 Å². The van der Waals surface area contributed by atoms with Crippen LogP contribution in [0.4, 0.5) is 0 Å². The van der Waals surface area contributed by atoms with Gasteiger partial charge in [0.25, 0.3) is 22.3 Å². The largest absolute Gasteiger partial charge is 1.00 e. The zero-order valence-corrected chi connectivity index (χ0v) is 61.5. The van der Waals surface area contributed by atoms with Gasteiger partial charge in [-0.1, -0.05) is 189 Å². The lowest BCUT2D eigenvalue weighted by Crippen LogP contribution is -3.00. The van der Waals surface area contributed by atoms with Gasteiger partial charge >= 0.3 is 0 Å². The highest BCUT2D eigenvalue weighted by molar-refractivity contribution is 9.10. The normalized spacial score (nSPS) is 9.89. The van der Waals surface area contributed by atoms with E-state index in [1.807, 2.05) is 161 Å². The van der Waals surface area contributed by atoms with Gasteiger partial charge < -0.3 is 39.1 Å². The molecule has 17 nitrogen and oxygen atoms in total. The smallest absolute Gasteiger partial charge is 0.253 e. The van der Waals surface area contributed by atoms with Crippen molar-refractivity contribution in [3.05, 3.63) is 317 Å². The first-order valence-electron chi connectivity index (χ1n) is 29.6. The molecule has 9 rings (SSSR count). The number of aryl methyl sites for hydroxylation is 5. The van der Waals surface area contributed by atoms with Crippen LogP contribution in [0.1, 0.15) is 128 Å². The lowest BCUT2D eigenvalue weighted by molar-refractivity contribution is -0.871. The van der Waals surface area contributed by atoms with E-state index in [0.29, 0.717) is 50.2 Å². The Bertz CT molecular complexity index is 4090. The van der Waals surface area contributed by atoms with Gasteiger partial charge in [0.15, 0.2) is 27.6 Å². The Morgan fingerprint density at radius 3 is 0.929 bits per heavy atom. The zero-order chi connectivity index (χ0) is 72.3. The summed E-state index contributed by atoms with van der Waals surface area (Å²) in [5, 5.41) is 3.37. The minimum atomic E-state index is -0.602. The number of hydroxylamine groups is 1. The number of hydrazone groups is 1. The summed E-state index contributed by atoms with van der Waals surface area (Å²) in [6.07, 6.45) is 0. The Kier molecular flexibility index (Phi) is 38.3. The minimum Gasteiger partial charge on any atom is -1.00 e. The molecule has 0 saturated carbocycles. The third kappa shape index (κ3) is 30.3. The molecule has 0 radical (unpaired) electrons. The van der Waals surface area contributed by atoms with Crippen molar-refractivity contribution in [3.8, 4) is 0 Å². The maximum atomic E-state index is 12.9. The number of nitrogens with one attached hydrogen (secondary N) is 2. The van der Waals surface area contributed by atoms with Gasteiger partial charge in [-0.05, 0) is 155 Å². The highest BCUT2D eigenvalue weighted by atomic mass is 79.9. The number of hydrogen-bond acceptors (Lipinski definition) is 12. The van der Waals surface area contributed by atoms with Crippen molar-refractivity contribution in [2.45, 2.75) is 34.6 Å². The summed E-state index contributed by atoms with van der Waals surface area (Å²) < 4.78 is 1.15. The van der Waals surface area contributed by atoms with Gasteiger partial charge in [0.1, 0.15) is 0 Å². The summed E-state index contributed by atoms with van der Waals surface area (Å²) in [5.41, 5.74) is 29.7. The number of hydrazine groups is 1. The fraction of sp³-hybridized carbons (Fsp3) is 0.147. The Labute approximate surface area is 608 Å². The zero-order valence-electron chi connectivity index (χ0n) is 56.0. The molecular weight excluding hydrogens is 1410 g/mol. The van der Waals surface area contributed by atoms with Gasteiger partial charge in [-0.3, -0.25) is 39.0 Å². The van der Waals surface area contributed by atoms with Crippen molar-refractivity contribution in [1.29, 1.82) is 0 Å². The Hall–Kier alpha value is -9.45. The number of thiocarbonyl (C=S) groups is 2. The van der Waals surface area contributed by atoms with E-state index >= 15 is 0 Å². The molecule has 0 aromatic heterocycles. The molecule has 9 aromatic rings. The maximum absolute atomic E-state index is 12.9. The number of nitrogens with two attached hydrogens (primary N) is 4. The van der Waals surface area contributed by atoms with Crippen molar-refractivity contribution >= 4 is 119 Å². The molecule has 512 valence electrons. The van der Waals surface area contributed by atoms with E-state index in [0.717, 1.165) is 37.9 Å². The molecule has 2 amide bonds. The molecule has 0 fully saturated rings. The lowest BCUT2D eigenvalue weighted by Gasteiger charge is -2.13. The Morgan fingerprint density at radius 1 is 0.429 bits per heavy atom. The molecular formula is C75H79BrCl3N9O8S2. The molecule has 0 atom stereocenters. The minimum absolute atomic E-state index is 0. The summed E-state index contributed by atoms with van der Waals surface area (Å²) in [5.74, 6) is 4.27. The molecule has 9 aromatic carbocycles. The fourth-order valence-electron chi connectivity index (χ4n) is 8.34. The summed E-state index contributed by atoms with van der Waals surface area (Å²) in [7, 11) is 10.2. The lowest BCUT2D eigenvalue weighted by atomic mass is 9.96. The number of nitrogens with zero attached hydrogens (tertiary/aromatic N) is 3. The van der Waals surface area contributed by atoms with E-state index in [1.165, 1.54) is 33.6 Å². The summed E-state index contributed by atoms with van der Waals surface area (Å²) in [4.78, 5) is 90.3. The fourth-order valence-corrected chi connectivity index (χ4v) is 9.13. The second-order valence-electron chi connectivity index (χ2n) is 21.5. The maximum Gasteiger partial charge on any atom is 0.253 e. The summed E-state index contributed by atoms with van der Waals surface area (Å²) in [6, 6.07) is 65.7. The van der Waals surface area contributed by atoms with Gasteiger partial charge in [-0.15, -0.1) is 0 Å². The van der Waals surface area contributed by atoms with Crippen molar-refractivity contribution in [2.24, 2.45) is 22.4 Å². The predicted molar refractivity (Wildman–Crippen MR) is 401 cm³/mol. The predicted octanol–water partition coefficient (Wildman–Crippen LogP) is 9.62. The molecule has 0 aliphatic rings. The molecule has 10 N–H and O–H groups in total. The summed E-state index contributed by atoms with van der Waals surface area (Å²) in [6.45, 7) is 9.96. The van der Waals surface area contributed by atoms with E-state index in [2.05, 4.69) is 68.4 Å². The second kappa shape index (κ2) is 44.4. The standard InChI is InChI=1S/C23H21N3OS.C22H18O2.C12H16N2O2.C8H4Cl2O2.C7H7Br.C2H7NO.CH5N3S.ClH/c1-15-6-3-8-17(12-15)21(25-26-23(24)28)18-9-5-11-20(14-18)22(27)19-10-4-7-16(2)13-19;1-15-6-3-8-17(12-15)21(23)19-10-5-11-20(14-19)22(24)18-9-4-7-16(2)13-18;1-13(2)11(15)9-6-5-7-10(8-9)12(16)14(3)4;9-7(11)5-2-1-3-6(4-5)8(10)12;1-6-3-2-4-7(8)5-6;1-3-4-2;2-1(5)4-3;/h3-14H,1-2H3,(H3,24,26,28);3-14H,1-2H3;5-8H,1-4H3;1-4H;2-5H,1H3;3H,1-2H3;3H2,(H3,2,4,5);1H. The van der Waals surface area contributed by atoms with Crippen molar-refractivity contribution in [3.63, 3.8) is 0 Å². The molecule has 0 saturated heterocycles. The quantitative estimate of drug-likeness (QED) is 0.0148. The third-order valence-corrected chi connectivity index (χ3v) is 14.2. The third-order valence-electron chi connectivity index (χ3n) is 13.0. The Balaban J connectivity index is 0.000000422. The molecule has 0 spiro atoms. The van der Waals surface area contributed by atoms with Crippen LogP contribution in [0.2, 0.25) is 0 Å². The first-order chi connectivity index (χ1) is 46.0. The summed E-state index contributed by atoms with van der Waals surface area (Å²) >= 11 is 22.9. The highest BCUT2D eigenvalue weighted by Gasteiger charge is 2.17. The molecule has 0 bridgehead atoms. The van der Waals surface area contributed by atoms with Gasteiger partial charge in [-0.25, -0.2) is 16.2 Å². The number of carbonyl (C=O) groups is 7. The van der Waals surface area contributed by atoms with Crippen LogP contribution in [0, 0.1) is 34.6 Å². The SMILES string of the molecule is CN(C)C(=O)c1cccc(C(=O)N(C)C)c1.C[NH2+]OC.Cc1cccc(Br)c1.Cc1cccc(C(=O)c2cccc(C(=NNC(N)=S)c3cccc(C)c3)c2)c1.Cc1cccc(C(=O)c2cccc(C(=O)c3cccc(C)c3)c2)c1.NNC(N)=S.O=C(Cl)c1cccc(C(=O)Cl)c1.[Cl-]. The number of benzene rings is 9.